The average Bonchev–Trinajstić information content (AvgIpc) is 2.04. The summed E-state index contributed by atoms with van der Waals surface area (Å²) in [5, 5.41) is 0. The van der Waals surface area contributed by atoms with Crippen molar-refractivity contribution in [1.29, 1.82) is 0 Å². The molecular formula is C8H9NO2. The second-order valence-electron chi connectivity index (χ2n) is 1.82. The largest absolute Gasteiger partial charge is 0.462 e. The summed E-state index contributed by atoms with van der Waals surface area (Å²) in [4.78, 5) is 14.6. The Balaban J connectivity index is 2.95. The van der Waals surface area contributed by atoms with E-state index >= 15 is 0 Å². The summed E-state index contributed by atoms with van der Waals surface area (Å²) >= 11 is 0. The van der Waals surface area contributed by atoms with Gasteiger partial charge >= 0.3 is 5.97 Å². The average molecular weight is 153 g/mol. The monoisotopic (exact) mass is 153 g/mol. The predicted octanol–water partition coefficient (Wildman–Crippen LogP) is 1.26. The Labute approximate surface area is 67.8 Å². The fourth-order valence-electron chi connectivity index (χ4n) is 0.610. The van der Waals surface area contributed by atoms with Crippen molar-refractivity contribution in [3.8, 4) is 0 Å². The molecule has 0 fully saturated rings. The third kappa shape index (κ3) is 2.04. The van der Waals surface area contributed by atoms with Gasteiger partial charge in [0.05, 0.1) is 14.9 Å². The molecule has 0 saturated carbocycles. The van der Waals surface area contributed by atoms with E-state index in [0.29, 0.717) is 0 Å². The van der Waals surface area contributed by atoms with Crippen molar-refractivity contribution in [2.75, 3.05) is 6.61 Å². The van der Waals surface area contributed by atoms with Crippen molar-refractivity contribution in [3.63, 3.8) is 0 Å². The Kier molecular flexibility index (Phi) is 1.78. The Morgan fingerprint density at radius 3 is 3.36 bits per heavy atom. The van der Waals surface area contributed by atoms with E-state index in [1.807, 2.05) is 0 Å². The van der Waals surface area contributed by atoms with Gasteiger partial charge in [0.2, 0.25) is 0 Å². The highest BCUT2D eigenvalue weighted by atomic mass is 16.5. The quantitative estimate of drug-likeness (QED) is 0.600. The number of nitrogens with zero attached hydrogens (tertiary/aromatic N) is 1. The van der Waals surface area contributed by atoms with E-state index in [-0.39, 0.29) is 24.5 Å². The molecular weight excluding hydrogens is 142 g/mol. The molecule has 58 valence electrons. The van der Waals surface area contributed by atoms with Crippen LogP contribution in [0.25, 0.3) is 0 Å². The van der Waals surface area contributed by atoms with Gasteiger partial charge in [-0.05, 0) is 19.1 Å². The van der Waals surface area contributed by atoms with Crippen LogP contribution in [0.15, 0.2) is 24.5 Å². The molecule has 1 rings (SSSR count). The van der Waals surface area contributed by atoms with Gasteiger partial charge in [0.1, 0.15) is 0 Å². The molecule has 0 aromatic carbocycles. The van der Waals surface area contributed by atoms with Crippen molar-refractivity contribution >= 4 is 5.97 Å². The minimum Gasteiger partial charge on any atom is -0.462 e. The van der Waals surface area contributed by atoms with Crippen molar-refractivity contribution in [2.45, 2.75) is 6.92 Å². The van der Waals surface area contributed by atoms with E-state index in [4.69, 9.17) is 2.74 Å². The Hall–Kier alpha value is -1.38. The second-order valence-corrected chi connectivity index (χ2v) is 1.82. The van der Waals surface area contributed by atoms with Crippen LogP contribution in [0.3, 0.4) is 0 Å². The third-order valence-corrected chi connectivity index (χ3v) is 1.06. The zero-order valence-corrected chi connectivity index (χ0v) is 6.13. The fraction of sp³-hybridized carbons (Fsp3) is 0.250. The van der Waals surface area contributed by atoms with E-state index in [0.717, 1.165) is 0 Å². The van der Waals surface area contributed by atoms with Crippen molar-refractivity contribution in [1.82, 2.24) is 4.98 Å². The maximum Gasteiger partial charge on any atom is 0.339 e. The van der Waals surface area contributed by atoms with Gasteiger partial charge in [-0.3, -0.25) is 4.98 Å². The SMILES string of the molecule is [2H]c1ccc(C(=O)OCC)c([2H])n1. The van der Waals surface area contributed by atoms with Gasteiger partial charge in [0.25, 0.3) is 0 Å². The molecule has 3 heteroatoms. The summed E-state index contributed by atoms with van der Waals surface area (Å²) in [7, 11) is 0. The van der Waals surface area contributed by atoms with E-state index < -0.39 is 5.97 Å². The maximum absolute atomic E-state index is 11.1. The van der Waals surface area contributed by atoms with E-state index in [1.54, 1.807) is 6.92 Å². The lowest BCUT2D eigenvalue weighted by molar-refractivity contribution is 0.0526. The minimum absolute atomic E-state index is 0.0296. The highest BCUT2D eigenvalue weighted by molar-refractivity contribution is 5.88. The number of esters is 1. The molecule has 0 bridgehead atoms. The Bertz CT molecular complexity index is 328. The molecule has 1 aromatic rings. The summed E-state index contributed by atoms with van der Waals surface area (Å²) < 4.78 is 19.1. The number of aromatic nitrogens is 1. The number of ether oxygens (including phenoxy) is 1. The summed E-state index contributed by atoms with van der Waals surface area (Å²) in [6, 6.07) is 2.72. The van der Waals surface area contributed by atoms with E-state index in [9.17, 15) is 4.79 Å². The molecule has 1 aromatic heterocycles. The van der Waals surface area contributed by atoms with E-state index in [1.165, 1.54) is 12.1 Å². The van der Waals surface area contributed by atoms with Crippen LogP contribution in [0, 0.1) is 0 Å². The molecule has 0 N–H and O–H groups in total. The number of pyridine rings is 1. The Morgan fingerprint density at radius 1 is 1.91 bits per heavy atom. The van der Waals surface area contributed by atoms with Crippen LogP contribution in [0.5, 0.6) is 0 Å². The summed E-state index contributed by atoms with van der Waals surface area (Å²) in [6.45, 7) is 1.95. The zero-order valence-electron chi connectivity index (χ0n) is 8.13. The molecule has 11 heavy (non-hydrogen) atoms. The smallest absolute Gasteiger partial charge is 0.339 e. The van der Waals surface area contributed by atoms with Gasteiger partial charge in [0.15, 0.2) is 0 Å². The maximum atomic E-state index is 11.1. The normalized spacial score (nSPS) is 11.7. The molecule has 0 aliphatic carbocycles. The van der Waals surface area contributed by atoms with Crippen LogP contribution in [0.4, 0.5) is 0 Å². The standard InChI is InChI=1S/C8H9NO2/c1-2-11-8(10)7-4-3-5-9-6-7/h3-6H,2H2,1H3/i5D,6D. The first-order valence-electron chi connectivity index (χ1n) is 4.26. The predicted molar refractivity (Wildman–Crippen MR) is 40.2 cm³/mol. The molecule has 0 saturated heterocycles. The van der Waals surface area contributed by atoms with Crippen LogP contribution in [0.1, 0.15) is 20.0 Å². The molecule has 0 amide bonds. The fourth-order valence-corrected chi connectivity index (χ4v) is 0.610. The van der Waals surface area contributed by atoms with Crippen LogP contribution in [0.2, 0.25) is 0 Å². The van der Waals surface area contributed by atoms with Gasteiger partial charge in [-0.25, -0.2) is 4.79 Å². The molecule has 0 unspecified atom stereocenters. The number of carbonyl (C=O) groups excluding carboxylic acids is 1. The van der Waals surface area contributed by atoms with Gasteiger partial charge in [-0.2, -0.15) is 0 Å². The first-order valence-corrected chi connectivity index (χ1v) is 3.26. The molecule has 0 atom stereocenters. The second kappa shape index (κ2) is 3.71. The van der Waals surface area contributed by atoms with Crippen LogP contribution < -0.4 is 0 Å². The summed E-state index contributed by atoms with van der Waals surface area (Å²) in [6.07, 6.45) is -0.246. The van der Waals surface area contributed by atoms with Crippen LogP contribution >= 0.6 is 0 Å². The zero-order chi connectivity index (χ0) is 9.84. The van der Waals surface area contributed by atoms with Crippen LogP contribution in [-0.2, 0) is 4.74 Å². The summed E-state index contributed by atoms with van der Waals surface area (Å²) in [5.41, 5.74) is 0.0952. The minimum atomic E-state index is -0.569. The number of carbonyl (C=O) groups is 1. The molecule has 0 aliphatic heterocycles. The van der Waals surface area contributed by atoms with Crippen molar-refractivity contribution in [2.24, 2.45) is 0 Å². The summed E-state index contributed by atoms with van der Waals surface area (Å²) in [5.74, 6) is -0.569. The van der Waals surface area contributed by atoms with Gasteiger partial charge in [-0.15, -0.1) is 0 Å². The number of rotatable bonds is 2. The van der Waals surface area contributed by atoms with Crippen molar-refractivity contribution < 1.29 is 12.3 Å². The number of hydrogen-bond acceptors (Lipinski definition) is 3. The van der Waals surface area contributed by atoms with Gasteiger partial charge in [0, 0.05) is 12.3 Å². The molecule has 3 nitrogen and oxygen atoms in total. The first kappa shape index (κ1) is 5.29. The topological polar surface area (TPSA) is 39.2 Å². The lowest BCUT2D eigenvalue weighted by Crippen LogP contribution is -2.04. The third-order valence-electron chi connectivity index (χ3n) is 1.06. The molecule has 0 radical (unpaired) electrons. The molecule has 0 aliphatic rings. The van der Waals surface area contributed by atoms with Crippen molar-refractivity contribution in [3.05, 3.63) is 30.0 Å². The first-order chi connectivity index (χ1) is 6.15. The number of hydrogen-bond donors (Lipinski definition) is 0. The van der Waals surface area contributed by atoms with Gasteiger partial charge < -0.3 is 4.74 Å². The van der Waals surface area contributed by atoms with E-state index in [2.05, 4.69) is 9.72 Å². The lowest BCUT2D eigenvalue weighted by Gasteiger charge is -1.98. The van der Waals surface area contributed by atoms with Crippen LogP contribution in [-0.4, -0.2) is 17.6 Å². The highest BCUT2D eigenvalue weighted by Crippen LogP contribution is 1.97. The Morgan fingerprint density at radius 2 is 2.73 bits per heavy atom. The molecule has 0 spiro atoms. The lowest BCUT2D eigenvalue weighted by atomic mass is 10.3. The van der Waals surface area contributed by atoms with Gasteiger partial charge in [-0.1, -0.05) is 0 Å². The molecule has 1 heterocycles. The highest BCUT2D eigenvalue weighted by Gasteiger charge is 2.03.